The van der Waals surface area contributed by atoms with E-state index in [1.54, 1.807) is 11.3 Å². The first-order valence-electron chi connectivity index (χ1n) is 6.48. The van der Waals surface area contributed by atoms with Crippen LogP contribution in [0.25, 0.3) is 21.1 Å². The molecule has 2 aromatic heterocycles. The van der Waals surface area contributed by atoms with Crippen LogP contribution >= 0.6 is 11.3 Å². The van der Waals surface area contributed by atoms with E-state index in [0.29, 0.717) is 0 Å². The number of nitrogen functional groups attached to an aromatic ring is 1. The molecule has 4 heteroatoms. The molecule has 4 aromatic rings. The van der Waals surface area contributed by atoms with Crippen LogP contribution in [-0.2, 0) is 6.54 Å². The Hall–Kier alpha value is -2.33. The van der Waals surface area contributed by atoms with E-state index < -0.39 is 0 Å². The van der Waals surface area contributed by atoms with Crippen molar-refractivity contribution in [1.29, 1.82) is 0 Å². The fourth-order valence-electron chi connectivity index (χ4n) is 2.47. The number of thiazole rings is 1. The van der Waals surface area contributed by atoms with Crippen LogP contribution in [-0.4, -0.2) is 9.55 Å². The second-order valence-corrected chi connectivity index (χ2v) is 5.95. The second-order valence-electron chi connectivity index (χ2n) is 4.84. The van der Waals surface area contributed by atoms with E-state index in [1.807, 2.05) is 18.2 Å². The lowest BCUT2D eigenvalue weighted by atomic mass is 10.2. The molecule has 20 heavy (non-hydrogen) atoms. The zero-order chi connectivity index (χ0) is 13.5. The minimum absolute atomic E-state index is 0.784. The van der Waals surface area contributed by atoms with Crippen molar-refractivity contribution in [3.8, 4) is 0 Å². The number of rotatable bonds is 2. The first kappa shape index (κ1) is 11.5. The summed E-state index contributed by atoms with van der Waals surface area (Å²) in [5, 5.41) is 2.33. The van der Waals surface area contributed by atoms with Crippen LogP contribution in [0.2, 0.25) is 0 Å². The monoisotopic (exact) mass is 279 g/mol. The molecule has 0 radical (unpaired) electrons. The lowest BCUT2D eigenvalue weighted by Crippen LogP contribution is -1.97. The smallest absolute Gasteiger partial charge is 0.114 e. The first-order valence-corrected chi connectivity index (χ1v) is 7.30. The molecule has 0 aliphatic rings. The van der Waals surface area contributed by atoms with Crippen molar-refractivity contribution in [3.63, 3.8) is 0 Å². The third-order valence-corrected chi connectivity index (χ3v) is 4.46. The highest BCUT2D eigenvalue weighted by Crippen LogP contribution is 2.24. The Kier molecular flexibility index (Phi) is 2.50. The number of nitrogens with zero attached hydrogens (tertiary/aromatic N) is 2. The molecule has 2 N–H and O–H groups in total. The van der Waals surface area contributed by atoms with Crippen molar-refractivity contribution in [3.05, 3.63) is 59.7 Å². The van der Waals surface area contributed by atoms with Crippen LogP contribution in [0.3, 0.4) is 0 Å². The highest BCUT2D eigenvalue weighted by molar-refractivity contribution is 7.18. The maximum absolute atomic E-state index is 5.88. The van der Waals surface area contributed by atoms with E-state index in [2.05, 4.69) is 46.1 Å². The van der Waals surface area contributed by atoms with Gasteiger partial charge in [0.05, 0.1) is 22.3 Å². The third-order valence-electron chi connectivity index (χ3n) is 3.44. The van der Waals surface area contributed by atoms with Gasteiger partial charge in [0, 0.05) is 11.9 Å². The molecule has 0 unspecified atom stereocenters. The molecule has 3 nitrogen and oxygen atoms in total. The Morgan fingerprint density at radius 2 is 2.00 bits per heavy atom. The fraction of sp³-hybridized carbons (Fsp3) is 0.0625. The van der Waals surface area contributed by atoms with Crippen LogP contribution in [0.5, 0.6) is 0 Å². The van der Waals surface area contributed by atoms with E-state index in [1.165, 1.54) is 10.1 Å². The molecule has 0 bridgehead atoms. The van der Waals surface area contributed by atoms with Gasteiger partial charge in [-0.2, -0.15) is 0 Å². The summed E-state index contributed by atoms with van der Waals surface area (Å²) in [5.74, 6) is 0. The van der Waals surface area contributed by atoms with E-state index in [4.69, 9.17) is 5.73 Å². The lowest BCUT2D eigenvalue weighted by Gasteiger charge is -2.03. The molecule has 0 aliphatic heterocycles. The molecule has 0 saturated carbocycles. The van der Waals surface area contributed by atoms with Gasteiger partial charge in [0.15, 0.2) is 0 Å². The summed E-state index contributed by atoms with van der Waals surface area (Å²) in [6.07, 6.45) is 2.09. The topological polar surface area (TPSA) is 43.8 Å². The molecule has 2 aromatic carbocycles. The number of anilines is 1. The Labute approximate surface area is 120 Å². The number of aromatic nitrogens is 2. The zero-order valence-corrected chi connectivity index (χ0v) is 11.6. The van der Waals surface area contributed by atoms with Gasteiger partial charge in [-0.05, 0) is 35.7 Å². The van der Waals surface area contributed by atoms with Crippen LogP contribution in [0.15, 0.2) is 54.7 Å². The number of hydrogen-bond donors (Lipinski definition) is 1. The van der Waals surface area contributed by atoms with Crippen LogP contribution in [0.1, 0.15) is 5.01 Å². The highest BCUT2D eigenvalue weighted by atomic mass is 32.1. The van der Waals surface area contributed by atoms with Gasteiger partial charge in [0.1, 0.15) is 5.01 Å². The Morgan fingerprint density at radius 1 is 1.10 bits per heavy atom. The molecule has 0 fully saturated rings. The van der Waals surface area contributed by atoms with Crippen molar-refractivity contribution in [1.82, 2.24) is 9.55 Å². The second kappa shape index (κ2) is 4.35. The van der Waals surface area contributed by atoms with Gasteiger partial charge in [0.25, 0.3) is 0 Å². The maximum atomic E-state index is 5.88. The van der Waals surface area contributed by atoms with Crippen LogP contribution in [0, 0.1) is 0 Å². The molecule has 0 amide bonds. The molecule has 0 spiro atoms. The standard InChI is InChI=1S/C16H13N3S/c17-12-6-5-11-7-8-19(14(11)9-12)10-16-18-13-3-1-2-4-15(13)20-16/h1-9H,10,17H2. The summed E-state index contributed by atoms with van der Waals surface area (Å²) in [4.78, 5) is 4.68. The quantitative estimate of drug-likeness (QED) is 0.566. The predicted octanol–water partition coefficient (Wildman–Crippen LogP) is 3.88. The summed E-state index contributed by atoms with van der Waals surface area (Å²) in [5.41, 5.74) is 8.90. The molecule has 4 rings (SSSR count). The summed E-state index contributed by atoms with van der Waals surface area (Å²) < 4.78 is 3.43. The number of benzene rings is 2. The summed E-state index contributed by atoms with van der Waals surface area (Å²) >= 11 is 1.75. The van der Waals surface area contributed by atoms with E-state index in [9.17, 15) is 0 Å². The molecule has 98 valence electrons. The van der Waals surface area contributed by atoms with Gasteiger partial charge >= 0.3 is 0 Å². The molecule has 0 atom stereocenters. The largest absolute Gasteiger partial charge is 0.399 e. The maximum Gasteiger partial charge on any atom is 0.114 e. The summed E-state index contributed by atoms with van der Waals surface area (Å²) in [6.45, 7) is 0.784. The van der Waals surface area contributed by atoms with Crippen molar-refractivity contribution in [2.75, 3.05) is 5.73 Å². The highest BCUT2D eigenvalue weighted by Gasteiger charge is 2.06. The molecular formula is C16H13N3S. The number of fused-ring (bicyclic) bond motifs is 2. The SMILES string of the molecule is Nc1ccc2ccn(Cc3nc4ccccc4s3)c2c1. The summed E-state index contributed by atoms with van der Waals surface area (Å²) in [6, 6.07) is 16.4. The van der Waals surface area contributed by atoms with Crippen molar-refractivity contribution in [2.24, 2.45) is 0 Å². The number of nitrogens with two attached hydrogens (primary N) is 1. The molecule has 0 saturated heterocycles. The number of hydrogen-bond acceptors (Lipinski definition) is 3. The van der Waals surface area contributed by atoms with Gasteiger partial charge in [-0.1, -0.05) is 18.2 Å². The van der Waals surface area contributed by atoms with E-state index in [-0.39, 0.29) is 0 Å². The van der Waals surface area contributed by atoms with Crippen molar-refractivity contribution >= 4 is 38.1 Å². The normalized spacial score (nSPS) is 11.4. The van der Waals surface area contributed by atoms with Gasteiger partial charge in [0.2, 0.25) is 0 Å². The van der Waals surface area contributed by atoms with E-state index >= 15 is 0 Å². The van der Waals surface area contributed by atoms with E-state index in [0.717, 1.165) is 28.3 Å². The van der Waals surface area contributed by atoms with Gasteiger partial charge in [-0.3, -0.25) is 0 Å². The average Bonchev–Trinajstić information content (AvgIpc) is 3.03. The van der Waals surface area contributed by atoms with Gasteiger partial charge < -0.3 is 10.3 Å². The van der Waals surface area contributed by atoms with Crippen LogP contribution < -0.4 is 5.73 Å². The molecule has 2 heterocycles. The molecule has 0 aliphatic carbocycles. The summed E-state index contributed by atoms with van der Waals surface area (Å²) in [7, 11) is 0. The average molecular weight is 279 g/mol. The van der Waals surface area contributed by atoms with Crippen molar-refractivity contribution in [2.45, 2.75) is 6.54 Å². The minimum Gasteiger partial charge on any atom is -0.399 e. The van der Waals surface area contributed by atoms with Gasteiger partial charge in [-0.15, -0.1) is 11.3 Å². The lowest BCUT2D eigenvalue weighted by molar-refractivity contribution is 0.831. The minimum atomic E-state index is 0.784. The number of para-hydroxylation sites is 1. The van der Waals surface area contributed by atoms with Crippen molar-refractivity contribution < 1.29 is 0 Å². The Balaban J connectivity index is 1.78. The Bertz CT molecular complexity index is 871. The Morgan fingerprint density at radius 3 is 2.90 bits per heavy atom. The fourth-order valence-corrected chi connectivity index (χ4v) is 3.44. The van der Waals surface area contributed by atoms with Gasteiger partial charge in [-0.25, -0.2) is 4.98 Å². The molecular weight excluding hydrogens is 266 g/mol. The predicted molar refractivity (Wildman–Crippen MR) is 85.1 cm³/mol. The van der Waals surface area contributed by atoms with Crippen LogP contribution in [0.4, 0.5) is 5.69 Å². The zero-order valence-electron chi connectivity index (χ0n) is 10.8. The third kappa shape index (κ3) is 1.85. The first-order chi connectivity index (χ1) is 9.79.